The number of hydrogen-bond acceptors (Lipinski definition) is 4. The van der Waals surface area contributed by atoms with Crippen molar-refractivity contribution < 1.29 is 0 Å². The molecule has 0 radical (unpaired) electrons. The van der Waals surface area contributed by atoms with Crippen molar-refractivity contribution in [2.24, 2.45) is 0 Å². The minimum Gasteiger partial charge on any atom is -0.316 e. The Bertz CT molecular complexity index is 460. The van der Waals surface area contributed by atoms with Crippen LogP contribution in [0.3, 0.4) is 0 Å². The quantitative estimate of drug-likeness (QED) is 0.861. The standard InChI is InChI=1S/C12H13N3S/c1-2-4-9(5-3-1)11-14-15-12(16-11)10-6-7-13-8-10/h1-5,10,13H,6-8H2. The molecule has 1 unspecified atom stereocenters. The van der Waals surface area contributed by atoms with Gasteiger partial charge in [-0.25, -0.2) is 0 Å². The first-order valence-electron chi connectivity index (χ1n) is 5.53. The third-order valence-electron chi connectivity index (χ3n) is 2.87. The lowest BCUT2D eigenvalue weighted by Crippen LogP contribution is -2.07. The summed E-state index contributed by atoms with van der Waals surface area (Å²) < 4.78 is 0. The van der Waals surface area contributed by atoms with Gasteiger partial charge in [0.25, 0.3) is 0 Å². The molecule has 0 spiro atoms. The minimum atomic E-state index is 0.565. The van der Waals surface area contributed by atoms with Crippen molar-refractivity contribution in [3.8, 4) is 10.6 Å². The molecule has 4 heteroatoms. The maximum atomic E-state index is 4.30. The highest BCUT2D eigenvalue weighted by Crippen LogP contribution is 2.30. The zero-order valence-electron chi connectivity index (χ0n) is 8.89. The van der Waals surface area contributed by atoms with Crippen molar-refractivity contribution in [2.75, 3.05) is 13.1 Å². The fourth-order valence-electron chi connectivity index (χ4n) is 1.96. The molecule has 16 heavy (non-hydrogen) atoms. The van der Waals surface area contributed by atoms with Crippen LogP contribution in [0.15, 0.2) is 30.3 Å². The Hall–Kier alpha value is -1.26. The Balaban J connectivity index is 1.87. The van der Waals surface area contributed by atoms with E-state index in [0.29, 0.717) is 5.92 Å². The highest BCUT2D eigenvalue weighted by Gasteiger charge is 2.20. The van der Waals surface area contributed by atoms with Crippen molar-refractivity contribution in [1.29, 1.82) is 0 Å². The van der Waals surface area contributed by atoms with Gasteiger partial charge in [-0.2, -0.15) is 0 Å². The van der Waals surface area contributed by atoms with Crippen LogP contribution < -0.4 is 5.32 Å². The summed E-state index contributed by atoms with van der Waals surface area (Å²) in [5.74, 6) is 0.565. The van der Waals surface area contributed by atoms with Gasteiger partial charge in [-0.1, -0.05) is 41.7 Å². The van der Waals surface area contributed by atoms with Gasteiger partial charge >= 0.3 is 0 Å². The molecular weight excluding hydrogens is 218 g/mol. The van der Waals surface area contributed by atoms with Crippen LogP contribution in [0.5, 0.6) is 0 Å². The Morgan fingerprint density at radius 2 is 2.06 bits per heavy atom. The second-order valence-corrected chi connectivity index (χ2v) is 5.01. The predicted octanol–water partition coefficient (Wildman–Crippen LogP) is 2.28. The number of nitrogens with one attached hydrogen (secondary N) is 1. The molecule has 1 atom stereocenters. The van der Waals surface area contributed by atoms with Crippen LogP contribution in [-0.4, -0.2) is 23.3 Å². The van der Waals surface area contributed by atoms with Gasteiger partial charge in [0.05, 0.1) is 0 Å². The molecule has 1 saturated heterocycles. The van der Waals surface area contributed by atoms with Gasteiger partial charge in [0.2, 0.25) is 0 Å². The molecule has 1 aromatic heterocycles. The maximum Gasteiger partial charge on any atom is 0.147 e. The van der Waals surface area contributed by atoms with Gasteiger partial charge in [-0.05, 0) is 13.0 Å². The highest BCUT2D eigenvalue weighted by molar-refractivity contribution is 7.14. The summed E-state index contributed by atoms with van der Waals surface area (Å²) in [6.07, 6.45) is 1.18. The average molecular weight is 231 g/mol. The number of benzene rings is 1. The number of rotatable bonds is 2. The summed E-state index contributed by atoms with van der Waals surface area (Å²) in [6.45, 7) is 2.15. The smallest absolute Gasteiger partial charge is 0.147 e. The van der Waals surface area contributed by atoms with E-state index in [4.69, 9.17) is 0 Å². The van der Waals surface area contributed by atoms with E-state index in [1.807, 2.05) is 18.2 Å². The van der Waals surface area contributed by atoms with Crippen LogP contribution in [0.1, 0.15) is 17.3 Å². The summed E-state index contributed by atoms with van der Waals surface area (Å²) in [5.41, 5.74) is 1.16. The monoisotopic (exact) mass is 231 g/mol. The second kappa shape index (κ2) is 4.31. The van der Waals surface area contributed by atoms with Crippen molar-refractivity contribution >= 4 is 11.3 Å². The van der Waals surface area contributed by atoms with Gasteiger partial charge in [-0.3, -0.25) is 0 Å². The van der Waals surface area contributed by atoms with E-state index in [1.54, 1.807) is 11.3 Å². The van der Waals surface area contributed by atoms with E-state index in [2.05, 4.69) is 27.6 Å². The molecule has 2 aromatic rings. The second-order valence-electron chi connectivity index (χ2n) is 4.00. The van der Waals surface area contributed by atoms with Crippen LogP contribution in [-0.2, 0) is 0 Å². The average Bonchev–Trinajstić information content (AvgIpc) is 3.01. The molecule has 1 fully saturated rings. The Labute approximate surface area is 98.5 Å². The van der Waals surface area contributed by atoms with E-state index in [-0.39, 0.29) is 0 Å². The van der Waals surface area contributed by atoms with E-state index in [1.165, 1.54) is 11.4 Å². The molecule has 0 bridgehead atoms. The minimum absolute atomic E-state index is 0.565. The van der Waals surface area contributed by atoms with Crippen LogP contribution in [0, 0.1) is 0 Å². The van der Waals surface area contributed by atoms with E-state index >= 15 is 0 Å². The third kappa shape index (κ3) is 1.86. The molecule has 3 rings (SSSR count). The fourth-order valence-corrected chi connectivity index (χ4v) is 2.95. The molecule has 1 aliphatic rings. The molecule has 2 heterocycles. The van der Waals surface area contributed by atoms with Crippen molar-refractivity contribution in [3.05, 3.63) is 35.3 Å². The first-order chi connectivity index (χ1) is 7.93. The molecular formula is C12H13N3S. The maximum absolute atomic E-state index is 4.30. The zero-order valence-corrected chi connectivity index (χ0v) is 9.70. The normalized spacial score (nSPS) is 20.1. The molecule has 82 valence electrons. The zero-order chi connectivity index (χ0) is 10.8. The SMILES string of the molecule is c1ccc(-c2nnc(C3CCNC3)s2)cc1. The van der Waals surface area contributed by atoms with Gasteiger partial charge < -0.3 is 5.32 Å². The van der Waals surface area contributed by atoms with Gasteiger partial charge in [0.1, 0.15) is 10.0 Å². The highest BCUT2D eigenvalue weighted by atomic mass is 32.1. The van der Waals surface area contributed by atoms with E-state index < -0.39 is 0 Å². The predicted molar refractivity (Wildman–Crippen MR) is 65.6 cm³/mol. The summed E-state index contributed by atoms with van der Waals surface area (Å²) in [4.78, 5) is 0. The Morgan fingerprint density at radius 1 is 1.19 bits per heavy atom. The van der Waals surface area contributed by atoms with Gasteiger partial charge in [-0.15, -0.1) is 10.2 Å². The van der Waals surface area contributed by atoms with E-state index in [9.17, 15) is 0 Å². The number of aromatic nitrogens is 2. The lowest BCUT2D eigenvalue weighted by molar-refractivity contribution is 0.741. The van der Waals surface area contributed by atoms with Crippen molar-refractivity contribution in [1.82, 2.24) is 15.5 Å². The Morgan fingerprint density at radius 3 is 2.81 bits per heavy atom. The van der Waals surface area contributed by atoms with Crippen LogP contribution in [0.2, 0.25) is 0 Å². The molecule has 0 saturated carbocycles. The summed E-state index contributed by atoms with van der Waals surface area (Å²) >= 11 is 1.72. The third-order valence-corrected chi connectivity index (χ3v) is 4.01. The molecule has 1 aromatic carbocycles. The first kappa shape index (κ1) is 9.93. The summed E-state index contributed by atoms with van der Waals surface area (Å²) in [5, 5.41) is 14.1. The Kier molecular flexibility index (Phi) is 2.68. The van der Waals surface area contributed by atoms with Crippen LogP contribution in [0.4, 0.5) is 0 Å². The molecule has 1 aliphatic heterocycles. The van der Waals surface area contributed by atoms with Crippen LogP contribution >= 0.6 is 11.3 Å². The summed E-state index contributed by atoms with van der Waals surface area (Å²) in [6, 6.07) is 10.3. The fraction of sp³-hybridized carbons (Fsp3) is 0.333. The number of nitrogens with zero attached hydrogens (tertiary/aromatic N) is 2. The topological polar surface area (TPSA) is 37.8 Å². The lowest BCUT2D eigenvalue weighted by Gasteiger charge is -2.00. The van der Waals surface area contributed by atoms with Crippen molar-refractivity contribution in [2.45, 2.75) is 12.3 Å². The first-order valence-corrected chi connectivity index (χ1v) is 6.34. The van der Waals surface area contributed by atoms with Gasteiger partial charge in [0, 0.05) is 18.0 Å². The largest absolute Gasteiger partial charge is 0.316 e. The number of hydrogen-bond donors (Lipinski definition) is 1. The van der Waals surface area contributed by atoms with Crippen molar-refractivity contribution in [3.63, 3.8) is 0 Å². The van der Waals surface area contributed by atoms with Crippen LogP contribution in [0.25, 0.3) is 10.6 Å². The lowest BCUT2D eigenvalue weighted by atomic mass is 10.1. The summed E-state index contributed by atoms with van der Waals surface area (Å²) in [7, 11) is 0. The van der Waals surface area contributed by atoms with E-state index in [0.717, 1.165) is 23.7 Å². The molecule has 3 nitrogen and oxygen atoms in total. The molecule has 0 amide bonds. The molecule has 0 aliphatic carbocycles. The molecule has 1 N–H and O–H groups in total. The van der Waals surface area contributed by atoms with Gasteiger partial charge in [0.15, 0.2) is 0 Å².